The topological polar surface area (TPSA) is 101 Å². The van der Waals surface area contributed by atoms with Crippen LogP contribution in [-0.4, -0.2) is 34.0 Å². The Balaban J connectivity index is 5.35. The molecular formula is C32H64N2O5P+. The van der Waals surface area contributed by atoms with Crippen LogP contribution in [0.1, 0.15) is 146 Å². The first-order chi connectivity index (χ1) is 18.8. The maximum atomic E-state index is 13.0. The molecule has 236 valence electrons. The third-order valence-electron chi connectivity index (χ3n) is 7.73. The molecule has 2 unspecified atom stereocenters. The molecule has 0 heterocycles. The minimum atomic E-state index is -2.51. The summed E-state index contributed by atoms with van der Waals surface area (Å²) in [7, 11) is -2.51. The molecule has 0 saturated heterocycles. The lowest BCUT2D eigenvalue weighted by Crippen LogP contribution is -2.30. The fourth-order valence-corrected chi connectivity index (χ4v) is 6.13. The number of hydrogen-bond donors (Lipinski definition) is 2. The van der Waals surface area contributed by atoms with Crippen LogP contribution >= 0.6 is 8.25 Å². The van der Waals surface area contributed by atoms with Crippen molar-refractivity contribution in [2.75, 3.05) is 0 Å². The molecule has 0 aromatic heterocycles. The fourth-order valence-electron chi connectivity index (χ4n) is 5.35. The van der Waals surface area contributed by atoms with E-state index in [1.165, 1.54) is 0 Å². The van der Waals surface area contributed by atoms with Crippen LogP contribution in [0.25, 0.3) is 0 Å². The van der Waals surface area contributed by atoms with Gasteiger partial charge in [-0.25, -0.2) is 0 Å². The molecule has 0 radical (unpaired) electrons. The summed E-state index contributed by atoms with van der Waals surface area (Å²) in [5.41, 5.74) is 1.06. The highest BCUT2D eigenvalue weighted by atomic mass is 31.1. The van der Waals surface area contributed by atoms with Crippen LogP contribution in [0, 0.1) is 35.5 Å². The summed E-state index contributed by atoms with van der Waals surface area (Å²) in [4.78, 5) is 0. The third-order valence-corrected chi connectivity index (χ3v) is 8.70. The van der Waals surface area contributed by atoms with Crippen LogP contribution in [0.15, 0.2) is 10.3 Å². The smallest absolute Gasteiger partial charge is 0.411 e. The third kappa shape index (κ3) is 18.4. The summed E-state index contributed by atoms with van der Waals surface area (Å²) in [5.74, 6) is 2.60. The summed E-state index contributed by atoms with van der Waals surface area (Å²) in [6, 6.07) is 0. The molecule has 0 amide bonds. The van der Waals surface area contributed by atoms with Gasteiger partial charge in [0, 0.05) is 16.4 Å². The van der Waals surface area contributed by atoms with Crippen molar-refractivity contribution in [1.82, 2.24) is 0 Å². The van der Waals surface area contributed by atoms with Crippen LogP contribution in [0.3, 0.4) is 0 Å². The highest BCUT2D eigenvalue weighted by Gasteiger charge is 2.36. The van der Waals surface area contributed by atoms with E-state index >= 15 is 0 Å². The minimum Gasteiger partial charge on any atom is -0.411 e. The molecule has 0 aromatic carbocycles. The highest BCUT2D eigenvalue weighted by Crippen LogP contribution is 2.33. The Morgan fingerprint density at radius 2 is 0.775 bits per heavy atom. The average Bonchev–Trinajstić information content (AvgIpc) is 2.83. The van der Waals surface area contributed by atoms with Crippen molar-refractivity contribution in [3.63, 3.8) is 0 Å². The number of oxime groups is 2. The Labute approximate surface area is 247 Å². The molecule has 0 spiro atoms. The SMILES string of the molecule is CC(C)CCCC(CCCC(C)C)C(=NO)C(C)O[P+](=O)OC(C)C(=NO)C(CCCC(C)C)CCCC(C)C. The predicted molar refractivity (Wildman–Crippen MR) is 169 cm³/mol. The maximum absolute atomic E-state index is 13.0. The molecule has 0 aliphatic heterocycles. The van der Waals surface area contributed by atoms with Gasteiger partial charge in [-0.2, -0.15) is 0 Å². The van der Waals surface area contributed by atoms with E-state index in [0.29, 0.717) is 35.1 Å². The van der Waals surface area contributed by atoms with E-state index in [0.717, 1.165) is 77.0 Å². The van der Waals surface area contributed by atoms with Crippen molar-refractivity contribution < 1.29 is 24.0 Å². The summed E-state index contributed by atoms with van der Waals surface area (Å²) in [5, 5.41) is 27.2. The zero-order valence-corrected chi connectivity index (χ0v) is 28.5. The average molecular weight is 588 g/mol. The van der Waals surface area contributed by atoms with Gasteiger partial charge in [-0.15, -0.1) is 9.05 Å². The molecule has 2 atom stereocenters. The quantitative estimate of drug-likeness (QED) is 0.0506. The van der Waals surface area contributed by atoms with Gasteiger partial charge < -0.3 is 10.4 Å². The first-order valence-electron chi connectivity index (χ1n) is 16.1. The molecule has 0 rings (SSSR count). The normalized spacial score (nSPS) is 15.3. The maximum Gasteiger partial charge on any atom is 0.698 e. The second-order valence-corrected chi connectivity index (χ2v) is 14.3. The van der Waals surface area contributed by atoms with Crippen molar-refractivity contribution in [3.8, 4) is 0 Å². The first kappa shape index (κ1) is 39.0. The summed E-state index contributed by atoms with van der Waals surface area (Å²) >= 11 is 0. The Hall–Kier alpha value is -1.04. The Morgan fingerprint density at radius 3 is 0.975 bits per heavy atom. The van der Waals surface area contributed by atoms with E-state index in [9.17, 15) is 15.0 Å². The number of rotatable bonds is 24. The molecule has 7 nitrogen and oxygen atoms in total. The van der Waals surface area contributed by atoms with Gasteiger partial charge in [0.25, 0.3) is 0 Å². The molecule has 2 N–H and O–H groups in total. The van der Waals surface area contributed by atoms with Gasteiger partial charge in [0.15, 0.2) is 12.2 Å². The van der Waals surface area contributed by atoms with E-state index in [4.69, 9.17) is 9.05 Å². The lowest BCUT2D eigenvalue weighted by atomic mass is 9.87. The van der Waals surface area contributed by atoms with E-state index in [2.05, 4.69) is 65.7 Å². The first-order valence-corrected chi connectivity index (χ1v) is 17.2. The minimum absolute atomic E-state index is 0.0687. The molecule has 0 aliphatic rings. The van der Waals surface area contributed by atoms with Crippen molar-refractivity contribution >= 4 is 19.7 Å². The molecule has 0 fully saturated rings. The van der Waals surface area contributed by atoms with Crippen LogP contribution in [0.5, 0.6) is 0 Å². The molecule has 0 aromatic rings. The number of hydrogen-bond acceptors (Lipinski definition) is 7. The highest BCUT2D eigenvalue weighted by molar-refractivity contribution is 7.33. The summed E-state index contributed by atoms with van der Waals surface area (Å²) < 4.78 is 24.5. The van der Waals surface area contributed by atoms with Crippen LogP contribution in [-0.2, 0) is 13.6 Å². The van der Waals surface area contributed by atoms with Gasteiger partial charge in [-0.3, -0.25) is 0 Å². The Kier molecular flexibility index (Phi) is 22.0. The summed E-state index contributed by atoms with van der Waals surface area (Å²) in [6.45, 7) is 21.3. The van der Waals surface area contributed by atoms with E-state index in [1.807, 2.05) is 0 Å². The van der Waals surface area contributed by atoms with Crippen molar-refractivity contribution in [2.45, 2.75) is 158 Å². The van der Waals surface area contributed by atoms with Crippen LogP contribution in [0.2, 0.25) is 0 Å². The predicted octanol–water partition coefficient (Wildman–Crippen LogP) is 10.7. The van der Waals surface area contributed by atoms with Gasteiger partial charge >= 0.3 is 8.25 Å². The van der Waals surface area contributed by atoms with Crippen molar-refractivity contribution in [3.05, 3.63) is 0 Å². The molecular weight excluding hydrogens is 523 g/mol. The van der Waals surface area contributed by atoms with Gasteiger partial charge in [0.2, 0.25) is 0 Å². The standard InChI is InChI=1S/C32H63N2O5P/c1-23(2)15-11-19-29(20-12-16-24(3)4)31(33-35)27(9)38-40(37)39-28(10)32(34-36)30(21-13-17-25(5)6)22-14-18-26(7)8/h23-30H,11-22H2,1-10H3,(H-,35,36)/p+1. The summed E-state index contributed by atoms with van der Waals surface area (Å²) in [6.07, 6.45) is 11.0. The molecule has 40 heavy (non-hydrogen) atoms. The Bertz CT molecular complexity index is 638. The van der Waals surface area contributed by atoms with Gasteiger partial charge in [0.05, 0.1) is 11.4 Å². The monoisotopic (exact) mass is 587 g/mol. The lowest BCUT2D eigenvalue weighted by Gasteiger charge is -2.22. The van der Waals surface area contributed by atoms with Gasteiger partial charge in [0.1, 0.15) is 0 Å². The molecule has 8 heteroatoms. The number of nitrogens with zero attached hydrogens (tertiary/aromatic N) is 2. The largest absolute Gasteiger partial charge is 0.698 e. The second kappa shape index (κ2) is 22.5. The lowest BCUT2D eigenvalue weighted by molar-refractivity contribution is 0.184. The Morgan fingerprint density at radius 1 is 0.525 bits per heavy atom. The van der Waals surface area contributed by atoms with Crippen molar-refractivity contribution in [1.29, 1.82) is 0 Å². The van der Waals surface area contributed by atoms with E-state index < -0.39 is 20.5 Å². The van der Waals surface area contributed by atoms with Crippen LogP contribution < -0.4 is 0 Å². The van der Waals surface area contributed by atoms with Gasteiger partial charge in [-0.05, 0) is 63.2 Å². The van der Waals surface area contributed by atoms with Crippen molar-refractivity contribution in [2.24, 2.45) is 45.8 Å². The van der Waals surface area contributed by atoms with Crippen LogP contribution in [0.4, 0.5) is 0 Å². The van der Waals surface area contributed by atoms with Gasteiger partial charge in [-0.1, -0.05) is 117 Å². The van der Waals surface area contributed by atoms with E-state index in [-0.39, 0.29) is 11.8 Å². The second-order valence-electron chi connectivity index (χ2n) is 13.5. The fraction of sp³-hybridized carbons (Fsp3) is 0.938. The molecule has 0 bridgehead atoms. The zero-order chi connectivity index (χ0) is 30.7. The zero-order valence-electron chi connectivity index (χ0n) is 27.6. The molecule has 0 aliphatic carbocycles. The van der Waals surface area contributed by atoms with E-state index in [1.54, 1.807) is 13.8 Å². The molecule has 0 saturated carbocycles.